The first-order valence-corrected chi connectivity index (χ1v) is 46.3. The van der Waals surface area contributed by atoms with E-state index in [4.69, 9.17) is 37.0 Å². The van der Waals surface area contributed by atoms with E-state index in [-0.39, 0.29) is 25.7 Å². The van der Waals surface area contributed by atoms with Crippen molar-refractivity contribution < 1.29 is 80.2 Å². The van der Waals surface area contributed by atoms with Gasteiger partial charge in [0.2, 0.25) is 0 Å². The number of carbonyl (C=O) groups is 4. The van der Waals surface area contributed by atoms with Crippen molar-refractivity contribution in [3.8, 4) is 0 Å². The number of carbonyl (C=O) groups excluding carboxylic acids is 4. The number of hydrogen-bond acceptors (Lipinski definition) is 15. The number of unbranched alkanes of at least 4 members (excludes halogenated alkanes) is 50. The molecule has 0 fully saturated rings. The van der Waals surface area contributed by atoms with Gasteiger partial charge >= 0.3 is 39.5 Å². The van der Waals surface area contributed by atoms with E-state index in [1.54, 1.807) is 0 Å². The fourth-order valence-corrected chi connectivity index (χ4v) is 14.6. The lowest BCUT2D eigenvalue weighted by atomic mass is 10.0. The molecule has 612 valence electrons. The summed E-state index contributed by atoms with van der Waals surface area (Å²) in [5.74, 6) is 0.205. The van der Waals surface area contributed by atoms with E-state index >= 15 is 0 Å². The van der Waals surface area contributed by atoms with Crippen LogP contribution in [0.2, 0.25) is 0 Å². The van der Waals surface area contributed by atoms with Crippen molar-refractivity contribution in [3.05, 3.63) is 0 Å². The van der Waals surface area contributed by atoms with Gasteiger partial charge in [-0.05, 0) is 43.4 Å². The van der Waals surface area contributed by atoms with Crippen LogP contribution in [0.1, 0.15) is 440 Å². The lowest BCUT2D eigenvalue weighted by Gasteiger charge is -2.21. The fourth-order valence-electron chi connectivity index (χ4n) is 13.0. The maximum atomic E-state index is 13.1. The smallest absolute Gasteiger partial charge is 0.462 e. The Hall–Kier alpha value is -1.94. The molecule has 0 aliphatic rings. The van der Waals surface area contributed by atoms with E-state index in [0.29, 0.717) is 25.7 Å². The summed E-state index contributed by atoms with van der Waals surface area (Å²) in [6, 6.07) is 0. The van der Waals surface area contributed by atoms with Crippen LogP contribution in [0.25, 0.3) is 0 Å². The molecule has 0 bridgehead atoms. The third kappa shape index (κ3) is 78.0. The van der Waals surface area contributed by atoms with Crippen LogP contribution < -0.4 is 0 Å². The maximum Gasteiger partial charge on any atom is 0.472 e. The van der Waals surface area contributed by atoms with Crippen LogP contribution in [-0.4, -0.2) is 96.7 Å². The summed E-state index contributed by atoms with van der Waals surface area (Å²) in [5.41, 5.74) is 0. The Morgan fingerprint density at radius 1 is 0.262 bits per heavy atom. The van der Waals surface area contributed by atoms with E-state index in [1.807, 2.05) is 0 Å². The molecule has 0 saturated carbocycles. The van der Waals surface area contributed by atoms with Gasteiger partial charge < -0.3 is 33.8 Å². The van der Waals surface area contributed by atoms with Gasteiger partial charge in [-0.1, -0.05) is 389 Å². The van der Waals surface area contributed by atoms with Gasteiger partial charge in [0.15, 0.2) is 12.2 Å². The molecule has 0 spiro atoms. The van der Waals surface area contributed by atoms with Crippen molar-refractivity contribution in [2.75, 3.05) is 39.6 Å². The van der Waals surface area contributed by atoms with Crippen molar-refractivity contribution in [1.29, 1.82) is 0 Å². The standard InChI is InChI=1S/C84H164O17P2/c1-8-9-10-11-12-13-14-15-16-17-18-22-25-31-36-44-51-58-65-81(86)94-71-79(100-83(88)67-60-53-46-37-32-26-23-20-19-21-24-29-34-41-48-55-62-75(2)3)73-98-102(90,91)96-69-78(85)70-97-103(92,93)99-74-80(72-95-82(87)66-59-52-45-40-39-43-50-57-64-77(6)7)101-84(89)68-61-54-47-38-33-28-27-30-35-42-49-56-63-76(4)5/h75-80,85H,8-74H2,1-7H3,(H,90,91)(H,92,93)/t78-,79-,80-/m1/s1. The monoisotopic (exact) mass is 1510 g/mol. The Morgan fingerprint density at radius 3 is 0.660 bits per heavy atom. The predicted octanol–water partition coefficient (Wildman–Crippen LogP) is 25.3. The molecule has 103 heavy (non-hydrogen) atoms. The molecule has 0 aliphatic carbocycles. The number of aliphatic hydroxyl groups excluding tert-OH is 1. The highest BCUT2D eigenvalue weighted by Gasteiger charge is 2.30. The minimum Gasteiger partial charge on any atom is -0.462 e. The highest BCUT2D eigenvalue weighted by molar-refractivity contribution is 7.47. The van der Waals surface area contributed by atoms with E-state index in [0.717, 1.165) is 108 Å². The molecule has 0 saturated heterocycles. The van der Waals surface area contributed by atoms with Gasteiger partial charge in [0.25, 0.3) is 0 Å². The maximum absolute atomic E-state index is 13.1. The number of hydrogen-bond donors (Lipinski definition) is 3. The highest BCUT2D eigenvalue weighted by Crippen LogP contribution is 2.45. The lowest BCUT2D eigenvalue weighted by molar-refractivity contribution is -0.161. The first-order chi connectivity index (χ1) is 49.7. The number of esters is 4. The first-order valence-electron chi connectivity index (χ1n) is 43.3. The van der Waals surface area contributed by atoms with Gasteiger partial charge in [-0.3, -0.25) is 37.3 Å². The normalized spacial score (nSPS) is 13.9. The van der Waals surface area contributed by atoms with Gasteiger partial charge in [-0.25, -0.2) is 9.13 Å². The molecule has 19 heteroatoms. The van der Waals surface area contributed by atoms with Gasteiger partial charge in [0.05, 0.1) is 26.4 Å². The summed E-state index contributed by atoms with van der Waals surface area (Å²) in [6.45, 7) is 12.0. The zero-order valence-corrected chi connectivity index (χ0v) is 69.6. The number of phosphoric acid groups is 2. The summed E-state index contributed by atoms with van der Waals surface area (Å²) in [6.07, 6.45) is 63.9. The molecular weight excluding hydrogens is 1340 g/mol. The van der Waals surface area contributed by atoms with Gasteiger partial charge in [-0.2, -0.15) is 0 Å². The van der Waals surface area contributed by atoms with Crippen molar-refractivity contribution in [1.82, 2.24) is 0 Å². The molecule has 5 atom stereocenters. The molecular formula is C84H164O17P2. The SMILES string of the molecule is CCCCCCCCCCCCCCCCCCCCC(=O)OC[C@H](COP(=O)(O)OC[C@@H](O)COP(=O)(O)OC[C@@H](COC(=O)CCCCCCCCCCC(C)C)OC(=O)CCCCCCCCCCCCCCC(C)C)OC(=O)CCCCCCCCCCCCCCCCCCC(C)C. The van der Waals surface area contributed by atoms with E-state index in [2.05, 4.69) is 48.5 Å². The molecule has 0 aliphatic heterocycles. The minimum atomic E-state index is -4.96. The topological polar surface area (TPSA) is 237 Å². The zero-order valence-electron chi connectivity index (χ0n) is 67.8. The summed E-state index contributed by atoms with van der Waals surface area (Å²) in [7, 11) is -9.93. The molecule has 3 N–H and O–H groups in total. The van der Waals surface area contributed by atoms with Crippen LogP contribution in [0.15, 0.2) is 0 Å². The minimum absolute atomic E-state index is 0.106. The van der Waals surface area contributed by atoms with Crippen molar-refractivity contribution in [2.24, 2.45) is 17.8 Å². The number of aliphatic hydroxyl groups is 1. The first kappa shape index (κ1) is 101. The van der Waals surface area contributed by atoms with E-state index in [1.165, 1.54) is 250 Å². The molecule has 0 rings (SSSR count). The van der Waals surface area contributed by atoms with E-state index < -0.39 is 97.5 Å². The van der Waals surface area contributed by atoms with Crippen LogP contribution in [0.4, 0.5) is 0 Å². The highest BCUT2D eigenvalue weighted by atomic mass is 31.2. The lowest BCUT2D eigenvalue weighted by Crippen LogP contribution is -2.30. The van der Waals surface area contributed by atoms with E-state index in [9.17, 15) is 43.2 Å². The second-order valence-electron chi connectivity index (χ2n) is 31.6. The predicted molar refractivity (Wildman–Crippen MR) is 423 cm³/mol. The molecule has 2 unspecified atom stereocenters. The van der Waals surface area contributed by atoms with Crippen LogP contribution in [0, 0.1) is 17.8 Å². The van der Waals surface area contributed by atoms with Crippen molar-refractivity contribution >= 4 is 39.5 Å². The van der Waals surface area contributed by atoms with Crippen molar-refractivity contribution in [3.63, 3.8) is 0 Å². The third-order valence-corrected chi connectivity index (χ3v) is 21.5. The van der Waals surface area contributed by atoms with Crippen LogP contribution in [-0.2, 0) is 65.4 Å². The quantitative estimate of drug-likeness (QED) is 0.0222. The summed E-state index contributed by atoms with van der Waals surface area (Å²) >= 11 is 0. The second kappa shape index (κ2) is 74.2. The fraction of sp³-hybridized carbons (Fsp3) is 0.952. The second-order valence-corrected chi connectivity index (χ2v) is 34.6. The summed E-state index contributed by atoms with van der Waals surface area (Å²) < 4.78 is 68.8. The molecule has 0 heterocycles. The van der Waals surface area contributed by atoms with Crippen LogP contribution in [0.3, 0.4) is 0 Å². The summed E-state index contributed by atoms with van der Waals surface area (Å²) in [4.78, 5) is 73.2. The number of rotatable bonds is 82. The number of ether oxygens (including phenoxy) is 4. The molecule has 0 amide bonds. The Balaban J connectivity index is 5.25. The zero-order chi connectivity index (χ0) is 75.8. The molecule has 0 radical (unpaired) electrons. The Kier molecular flexibility index (Phi) is 72.8. The third-order valence-electron chi connectivity index (χ3n) is 19.6. The van der Waals surface area contributed by atoms with Gasteiger partial charge in [-0.15, -0.1) is 0 Å². The van der Waals surface area contributed by atoms with Crippen molar-refractivity contribution in [2.45, 2.75) is 458 Å². The Labute approximate surface area is 632 Å². The average Bonchev–Trinajstić information content (AvgIpc) is 0.916. The Bertz CT molecular complexity index is 1990. The van der Waals surface area contributed by atoms with Gasteiger partial charge in [0, 0.05) is 25.7 Å². The molecule has 0 aromatic heterocycles. The molecule has 0 aromatic rings. The number of phosphoric ester groups is 2. The largest absolute Gasteiger partial charge is 0.472 e. The van der Waals surface area contributed by atoms with Crippen LogP contribution in [0.5, 0.6) is 0 Å². The molecule has 17 nitrogen and oxygen atoms in total. The van der Waals surface area contributed by atoms with Crippen LogP contribution >= 0.6 is 15.6 Å². The summed E-state index contributed by atoms with van der Waals surface area (Å²) in [5, 5.41) is 10.7. The average molecular weight is 1510 g/mol. The molecule has 0 aromatic carbocycles. The Morgan fingerprint density at radius 2 is 0.447 bits per heavy atom. The van der Waals surface area contributed by atoms with Gasteiger partial charge in [0.1, 0.15) is 19.3 Å².